The molecule has 2 nitrogen and oxygen atoms in total. The molecule has 1 aromatic carbocycles. The zero-order chi connectivity index (χ0) is 15.0. The van der Waals surface area contributed by atoms with Crippen LogP contribution in [0.2, 0.25) is 0 Å². The van der Waals surface area contributed by atoms with Crippen molar-refractivity contribution in [1.29, 1.82) is 0 Å². The Morgan fingerprint density at radius 2 is 2.10 bits per heavy atom. The minimum Gasteiger partial charge on any atom is -0.326 e. The third-order valence-corrected chi connectivity index (χ3v) is 5.22. The fraction of sp³-hybridized carbons (Fsp3) is 0.588. The van der Waals surface area contributed by atoms with E-state index in [1.54, 1.807) is 6.07 Å². The molecule has 1 aliphatic carbocycles. The van der Waals surface area contributed by atoms with Gasteiger partial charge in [-0.25, -0.2) is 9.37 Å². The van der Waals surface area contributed by atoms with Crippen molar-refractivity contribution in [3.05, 3.63) is 29.8 Å². The topological polar surface area (TPSA) is 17.8 Å². The van der Waals surface area contributed by atoms with Gasteiger partial charge in [0.25, 0.3) is 0 Å². The van der Waals surface area contributed by atoms with E-state index in [-0.39, 0.29) is 11.2 Å². The Balaban J connectivity index is 2.11. The normalized spacial score (nSPS) is 19.2. The lowest BCUT2D eigenvalue weighted by Gasteiger charge is -2.29. The number of nitrogens with zero attached hydrogens (tertiary/aromatic N) is 2. The maximum atomic E-state index is 14.0. The monoisotopic (exact) mass is 308 g/mol. The van der Waals surface area contributed by atoms with Crippen molar-refractivity contribution in [2.45, 2.75) is 57.9 Å². The van der Waals surface area contributed by atoms with Gasteiger partial charge in [-0.15, -0.1) is 11.6 Å². The molecule has 1 atom stereocenters. The van der Waals surface area contributed by atoms with Crippen molar-refractivity contribution in [3.8, 4) is 0 Å². The van der Waals surface area contributed by atoms with Crippen molar-refractivity contribution < 1.29 is 4.39 Å². The largest absolute Gasteiger partial charge is 0.326 e. The highest BCUT2D eigenvalue weighted by Gasteiger charge is 2.34. The van der Waals surface area contributed by atoms with Gasteiger partial charge < -0.3 is 4.57 Å². The Morgan fingerprint density at radius 1 is 1.38 bits per heavy atom. The summed E-state index contributed by atoms with van der Waals surface area (Å²) in [6.07, 6.45) is 6.22. The summed E-state index contributed by atoms with van der Waals surface area (Å²) in [6.45, 7) is 5.06. The smallest absolute Gasteiger partial charge is 0.151 e. The van der Waals surface area contributed by atoms with Gasteiger partial charge in [0.2, 0.25) is 0 Å². The molecule has 1 aromatic heterocycles. The molecule has 0 radical (unpaired) electrons. The molecular formula is C17H22ClFN2. The molecular weight excluding hydrogens is 287 g/mol. The highest BCUT2D eigenvalue weighted by molar-refractivity contribution is 6.20. The second kappa shape index (κ2) is 5.60. The Kier molecular flexibility index (Phi) is 3.96. The van der Waals surface area contributed by atoms with Gasteiger partial charge in [-0.3, -0.25) is 0 Å². The van der Waals surface area contributed by atoms with Crippen LogP contribution in [-0.4, -0.2) is 9.55 Å². The lowest BCUT2D eigenvalue weighted by molar-refractivity contribution is 0.237. The summed E-state index contributed by atoms with van der Waals surface area (Å²) in [5, 5.41) is -0.216. The SMILES string of the molecule is CCC1(Cn2c(C(C)Cl)nc3c(F)cccc32)CCCC1. The molecule has 0 aliphatic heterocycles. The summed E-state index contributed by atoms with van der Waals surface area (Å²) in [5.41, 5.74) is 1.64. The summed E-state index contributed by atoms with van der Waals surface area (Å²) in [7, 11) is 0. The molecule has 0 bridgehead atoms. The average molecular weight is 309 g/mol. The van der Waals surface area contributed by atoms with Crippen LogP contribution in [0.4, 0.5) is 4.39 Å². The van der Waals surface area contributed by atoms with Crippen LogP contribution < -0.4 is 0 Å². The van der Waals surface area contributed by atoms with Gasteiger partial charge in [-0.05, 0) is 43.7 Å². The van der Waals surface area contributed by atoms with Gasteiger partial charge >= 0.3 is 0 Å². The number of benzene rings is 1. The number of halogens is 2. The van der Waals surface area contributed by atoms with Crippen molar-refractivity contribution in [3.63, 3.8) is 0 Å². The first kappa shape index (κ1) is 14.8. The average Bonchev–Trinajstić information content (AvgIpc) is 3.06. The van der Waals surface area contributed by atoms with E-state index >= 15 is 0 Å². The quantitative estimate of drug-likeness (QED) is 0.687. The van der Waals surface area contributed by atoms with Gasteiger partial charge in [0.1, 0.15) is 11.3 Å². The summed E-state index contributed by atoms with van der Waals surface area (Å²) >= 11 is 6.30. The number of aromatic nitrogens is 2. The number of hydrogen-bond acceptors (Lipinski definition) is 1. The van der Waals surface area contributed by atoms with E-state index in [1.807, 2.05) is 13.0 Å². The second-order valence-electron chi connectivity index (χ2n) is 6.34. The number of imidazole rings is 1. The predicted molar refractivity (Wildman–Crippen MR) is 85.2 cm³/mol. The molecule has 21 heavy (non-hydrogen) atoms. The molecule has 0 saturated heterocycles. The standard InChI is InChI=1S/C17H22ClFN2/c1-3-17(9-4-5-10-17)11-21-14-8-6-7-13(19)15(14)20-16(21)12(2)18/h6-8,12H,3-5,9-11H2,1-2H3. The third kappa shape index (κ3) is 2.57. The molecule has 0 amide bonds. The number of rotatable bonds is 4. The zero-order valence-electron chi connectivity index (χ0n) is 12.7. The number of hydrogen-bond donors (Lipinski definition) is 0. The van der Waals surface area contributed by atoms with Crippen LogP contribution in [0.25, 0.3) is 11.0 Å². The van der Waals surface area contributed by atoms with E-state index in [1.165, 1.54) is 31.7 Å². The van der Waals surface area contributed by atoms with Crippen molar-refractivity contribution in [2.24, 2.45) is 5.41 Å². The van der Waals surface area contributed by atoms with Crippen LogP contribution in [0.5, 0.6) is 0 Å². The van der Waals surface area contributed by atoms with E-state index in [4.69, 9.17) is 11.6 Å². The Labute approximate surface area is 130 Å². The van der Waals surface area contributed by atoms with E-state index in [0.29, 0.717) is 10.9 Å². The minimum absolute atomic E-state index is 0.216. The summed E-state index contributed by atoms with van der Waals surface area (Å²) in [5.74, 6) is 0.526. The van der Waals surface area contributed by atoms with Crippen LogP contribution in [-0.2, 0) is 6.54 Å². The molecule has 1 saturated carbocycles. The molecule has 1 fully saturated rings. The number of fused-ring (bicyclic) bond motifs is 1. The molecule has 1 aliphatic rings. The van der Waals surface area contributed by atoms with E-state index in [0.717, 1.165) is 24.3 Å². The first-order valence-electron chi connectivity index (χ1n) is 7.85. The number of para-hydroxylation sites is 1. The lowest BCUT2D eigenvalue weighted by Crippen LogP contribution is -2.24. The summed E-state index contributed by atoms with van der Waals surface area (Å²) in [4.78, 5) is 4.48. The van der Waals surface area contributed by atoms with Crippen molar-refractivity contribution in [1.82, 2.24) is 9.55 Å². The zero-order valence-corrected chi connectivity index (χ0v) is 13.5. The molecule has 2 aromatic rings. The highest BCUT2D eigenvalue weighted by Crippen LogP contribution is 2.43. The van der Waals surface area contributed by atoms with E-state index in [9.17, 15) is 4.39 Å². The van der Waals surface area contributed by atoms with Crippen molar-refractivity contribution in [2.75, 3.05) is 0 Å². The van der Waals surface area contributed by atoms with Crippen LogP contribution in [0.15, 0.2) is 18.2 Å². The first-order valence-corrected chi connectivity index (χ1v) is 8.29. The van der Waals surface area contributed by atoms with Crippen LogP contribution in [0, 0.1) is 11.2 Å². The second-order valence-corrected chi connectivity index (χ2v) is 7.00. The van der Waals surface area contributed by atoms with Crippen LogP contribution >= 0.6 is 11.6 Å². The Hall–Kier alpha value is -1.09. The maximum absolute atomic E-state index is 14.0. The van der Waals surface area contributed by atoms with Gasteiger partial charge in [-0.2, -0.15) is 0 Å². The Bertz CT molecular complexity index is 642. The summed E-state index contributed by atoms with van der Waals surface area (Å²) in [6, 6.07) is 5.17. The molecule has 114 valence electrons. The maximum Gasteiger partial charge on any atom is 0.151 e. The predicted octanol–water partition coefficient (Wildman–Crippen LogP) is 5.45. The lowest BCUT2D eigenvalue weighted by atomic mass is 9.83. The minimum atomic E-state index is -0.262. The fourth-order valence-corrected chi connectivity index (χ4v) is 3.85. The Morgan fingerprint density at radius 3 is 2.71 bits per heavy atom. The van der Waals surface area contributed by atoms with Gasteiger partial charge in [0.05, 0.1) is 10.9 Å². The first-order chi connectivity index (χ1) is 10.1. The molecule has 0 spiro atoms. The van der Waals surface area contributed by atoms with Gasteiger partial charge in [0.15, 0.2) is 5.82 Å². The van der Waals surface area contributed by atoms with Crippen molar-refractivity contribution >= 4 is 22.6 Å². The molecule has 1 unspecified atom stereocenters. The highest BCUT2D eigenvalue weighted by atomic mass is 35.5. The summed E-state index contributed by atoms with van der Waals surface area (Å²) < 4.78 is 16.2. The fourth-order valence-electron chi connectivity index (χ4n) is 3.68. The molecule has 3 rings (SSSR count). The molecule has 1 heterocycles. The van der Waals surface area contributed by atoms with Gasteiger partial charge in [0, 0.05) is 6.54 Å². The molecule has 0 N–H and O–H groups in total. The number of alkyl halides is 1. The molecule has 4 heteroatoms. The van der Waals surface area contributed by atoms with Crippen LogP contribution in [0.1, 0.15) is 57.2 Å². The van der Waals surface area contributed by atoms with E-state index < -0.39 is 0 Å². The third-order valence-electron chi connectivity index (χ3n) is 5.02. The van der Waals surface area contributed by atoms with Crippen LogP contribution in [0.3, 0.4) is 0 Å². The van der Waals surface area contributed by atoms with E-state index in [2.05, 4.69) is 16.5 Å². The van der Waals surface area contributed by atoms with Gasteiger partial charge in [-0.1, -0.05) is 25.8 Å².